The number of rotatable bonds is 2. The van der Waals surface area contributed by atoms with Gasteiger partial charge >= 0.3 is 0 Å². The SMILES string of the molecule is CCNC(=O)c1cc2ccccc2nc1C. The normalized spacial score (nSPS) is 10.4. The maximum Gasteiger partial charge on any atom is 0.253 e. The molecule has 1 aromatic carbocycles. The summed E-state index contributed by atoms with van der Waals surface area (Å²) in [6.45, 7) is 4.39. The molecule has 3 nitrogen and oxygen atoms in total. The molecule has 3 heteroatoms. The third-order valence-corrected chi connectivity index (χ3v) is 2.50. The molecule has 0 spiro atoms. The molecular weight excluding hydrogens is 200 g/mol. The van der Waals surface area contributed by atoms with Gasteiger partial charge in [-0.05, 0) is 26.0 Å². The van der Waals surface area contributed by atoms with Crippen molar-refractivity contribution < 1.29 is 4.79 Å². The van der Waals surface area contributed by atoms with E-state index in [4.69, 9.17) is 0 Å². The van der Waals surface area contributed by atoms with Gasteiger partial charge in [0.1, 0.15) is 0 Å². The number of amides is 1. The number of pyridine rings is 1. The molecule has 0 bridgehead atoms. The number of benzene rings is 1. The van der Waals surface area contributed by atoms with Gasteiger partial charge in [0.05, 0.1) is 16.8 Å². The molecule has 0 radical (unpaired) electrons. The molecule has 2 aromatic rings. The van der Waals surface area contributed by atoms with E-state index in [0.717, 1.165) is 16.6 Å². The highest BCUT2D eigenvalue weighted by Crippen LogP contribution is 2.15. The minimum Gasteiger partial charge on any atom is -0.352 e. The Labute approximate surface area is 94.5 Å². The number of fused-ring (bicyclic) bond motifs is 1. The fraction of sp³-hybridized carbons (Fsp3) is 0.231. The van der Waals surface area contributed by atoms with E-state index >= 15 is 0 Å². The van der Waals surface area contributed by atoms with E-state index in [1.54, 1.807) is 0 Å². The molecular formula is C13H14N2O. The van der Waals surface area contributed by atoms with Crippen LogP contribution in [0.25, 0.3) is 10.9 Å². The smallest absolute Gasteiger partial charge is 0.253 e. The van der Waals surface area contributed by atoms with Crippen LogP contribution in [0, 0.1) is 6.92 Å². The van der Waals surface area contributed by atoms with Crippen LogP contribution in [0.3, 0.4) is 0 Å². The molecule has 0 aliphatic carbocycles. The summed E-state index contributed by atoms with van der Waals surface area (Å²) >= 11 is 0. The van der Waals surface area contributed by atoms with Crippen LogP contribution < -0.4 is 5.32 Å². The Morgan fingerprint density at radius 3 is 2.88 bits per heavy atom. The fourth-order valence-corrected chi connectivity index (χ4v) is 1.70. The summed E-state index contributed by atoms with van der Waals surface area (Å²) in [5.41, 5.74) is 2.35. The first-order valence-corrected chi connectivity index (χ1v) is 5.37. The Balaban J connectivity index is 2.54. The molecule has 0 fully saturated rings. The Hall–Kier alpha value is -1.90. The predicted molar refractivity (Wildman–Crippen MR) is 64.5 cm³/mol. The minimum absolute atomic E-state index is 0.0572. The number of para-hydroxylation sites is 1. The standard InChI is InChI=1S/C13H14N2O/c1-3-14-13(16)11-8-10-6-4-5-7-12(10)15-9(11)2/h4-8H,3H2,1-2H3,(H,14,16). The van der Waals surface area contributed by atoms with Gasteiger partial charge in [0.2, 0.25) is 0 Å². The van der Waals surface area contributed by atoms with Crippen LogP contribution in [0.2, 0.25) is 0 Å². The van der Waals surface area contributed by atoms with E-state index in [0.29, 0.717) is 12.1 Å². The molecule has 1 amide bonds. The molecule has 82 valence electrons. The van der Waals surface area contributed by atoms with Gasteiger partial charge in [-0.2, -0.15) is 0 Å². The van der Waals surface area contributed by atoms with Crippen LogP contribution in [0.15, 0.2) is 30.3 Å². The highest BCUT2D eigenvalue weighted by atomic mass is 16.1. The largest absolute Gasteiger partial charge is 0.352 e. The van der Waals surface area contributed by atoms with Crippen LogP contribution in [-0.2, 0) is 0 Å². The average molecular weight is 214 g/mol. The summed E-state index contributed by atoms with van der Waals surface area (Å²) in [4.78, 5) is 16.2. The van der Waals surface area contributed by atoms with E-state index in [1.165, 1.54) is 0 Å². The second kappa shape index (κ2) is 4.31. The first-order valence-electron chi connectivity index (χ1n) is 5.37. The highest BCUT2D eigenvalue weighted by Gasteiger charge is 2.09. The molecule has 1 heterocycles. The molecule has 0 aliphatic rings. The van der Waals surface area contributed by atoms with Gasteiger partial charge in [0, 0.05) is 11.9 Å². The van der Waals surface area contributed by atoms with Crippen molar-refractivity contribution in [2.24, 2.45) is 0 Å². The van der Waals surface area contributed by atoms with Gasteiger partial charge in [-0.25, -0.2) is 0 Å². The fourth-order valence-electron chi connectivity index (χ4n) is 1.70. The quantitative estimate of drug-likeness (QED) is 0.833. The zero-order valence-corrected chi connectivity index (χ0v) is 9.45. The maximum absolute atomic E-state index is 11.8. The van der Waals surface area contributed by atoms with Crippen molar-refractivity contribution in [3.63, 3.8) is 0 Å². The molecule has 0 aliphatic heterocycles. The lowest BCUT2D eigenvalue weighted by molar-refractivity contribution is 0.0955. The summed E-state index contributed by atoms with van der Waals surface area (Å²) in [6, 6.07) is 9.69. The first kappa shape index (κ1) is 10.6. The summed E-state index contributed by atoms with van der Waals surface area (Å²) in [5.74, 6) is -0.0572. The number of carbonyl (C=O) groups excluding carboxylic acids is 1. The molecule has 0 atom stereocenters. The number of nitrogens with one attached hydrogen (secondary N) is 1. The van der Waals surface area contributed by atoms with Crippen LogP contribution in [0.1, 0.15) is 23.0 Å². The zero-order chi connectivity index (χ0) is 11.5. The first-order chi connectivity index (χ1) is 7.72. The van der Waals surface area contributed by atoms with E-state index in [2.05, 4.69) is 10.3 Å². The predicted octanol–water partition coefficient (Wildman–Crippen LogP) is 2.29. The number of hydrogen-bond donors (Lipinski definition) is 1. The third-order valence-electron chi connectivity index (χ3n) is 2.50. The number of carbonyl (C=O) groups is 1. The van der Waals surface area contributed by atoms with Gasteiger partial charge in [0.25, 0.3) is 5.91 Å². The summed E-state index contributed by atoms with van der Waals surface area (Å²) in [6.07, 6.45) is 0. The number of aromatic nitrogens is 1. The topological polar surface area (TPSA) is 42.0 Å². The summed E-state index contributed by atoms with van der Waals surface area (Å²) < 4.78 is 0. The maximum atomic E-state index is 11.8. The zero-order valence-electron chi connectivity index (χ0n) is 9.45. The lowest BCUT2D eigenvalue weighted by atomic mass is 10.1. The Bertz CT molecular complexity index is 534. The van der Waals surface area contributed by atoms with Gasteiger partial charge in [-0.15, -0.1) is 0 Å². The Kier molecular flexibility index (Phi) is 2.86. The van der Waals surface area contributed by atoms with Crippen molar-refractivity contribution in [1.82, 2.24) is 10.3 Å². The lowest BCUT2D eigenvalue weighted by Crippen LogP contribution is -2.23. The highest BCUT2D eigenvalue weighted by molar-refractivity contribution is 5.98. The second-order valence-corrected chi connectivity index (χ2v) is 3.67. The average Bonchev–Trinajstić information content (AvgIpc) is 2.28. The lowest BCUT2D eigenvalue weighted by Gasteiger charge is -2.07. The van der Waals surface area contributed by atoms with Gasteiger partial charge in [-0.1, -0.05) is 18.2 Å². The Morgan fingerprint density at radius 1 is 1.38 bits per heavy atom. The number of aryl methyl sites for hydroxylation is 1. The van der Waals surface area contributed by atoms with Crippen molar-refractivity contribution in [1.29, 1.82) is 0 Å². The van der Waals surface area contributed by atoms with Gasteiger partial charge < -0.3 is 5.32 Å². The molecule has 1 N–H and O–H groups in total. The van der Waals surface area contributed by atoms with E-state index in [9.17, 15) is 4.79 Å². The van der Waals surface area contributed by atoms with Crippen molar-refractivity contribution in [3.05, 3.63) is 41.6 Å². The molecule has 0 saturated carbocycles. The van der Waals surface area contributed by atoms with Crippen LogP contribution in [0.4, 0.5) is 0 Å². The van der Waals surface area contributed by atoms with E-state index in [1.807, 2.05) is 44.2 Å². The summed E-state index contributed by atoms with van der Waals surface area (Å²) in [7, 11) is 0. The Morgan fingerprint density at radius 2 is 2.12 bits per heavy atom. The van der Waals surface area contributed by atoms with E-state index in [-0.39, 0.29) is 5.91 Å². The van der Waals surface area contributed by atoms with Crippen LogP contribution in [-0.4, -0.2) is 17.4 Å². The van der Waals surface area contributed by atoms with Crippen molar-refractivity contribution in [3.8, 4) is 0 Å². The third kappa shape index (κ3) is 1.89. The number of hydrogen-bond acceptors (Lipinski definition) is 2. The van der Waals surface area contributed by atoms with Gasteiger partial charge in [-0.3, -0.25) is 9.78 Å². The molecule has 16 heavy (non-hydrogen) atoms. The van der Waals surface area contributed by atoms with Crippen molar-refractivity contribution >= 4 is 16.8 Å². The second-order valence-electron chi connectivity index (χ2n) is 3.67. The van der Waals surface area contributed by atoms with Crippen molar-refractivity contribution in [2.75, 3.05) is 6.54 Å². The molecule has 2 rings (SSSR count). The minimum atomic E-state index is -0.0572. The number of nitrogens with zero attached hydrogens (tertiary/aromatic N) is 1. The van der Waals surface area contributed by atoms with Crippen molar-refractivity contribution in [2.45, 2.75) is 13.8 Å². The summed E-state index contributed by atoms with van der Waals surface area (Å²) in [5, 5.41) is 3.78. The molecule has 0 unspecified atom stereocenters. The van der Waals surface area contributed by atoms with E-state index < -0.39 is 0 Å². The molecule has 0 saturated heterocycles. The van der Waals surface area contributed by atoms with Gasteiger partial charge in [0.15, 0.2) is 0 Å². The van der Waals surface area contributed by atoms with Crippen LogP contribution >= 0.6 is 0 Å². The van der Waals surface area contributed by atoms with Crippen LogP contribution in [0.5, 0.6) is 0 Å². The molecule has 1 aromatic heterocycles. The monoisotopic (exact) mass is 214 g/mol.